The van der Waals surface area contributed by atoms with E-state index >= 15 is 0 Å². The number of nitrogens with zero attached hydrogens (tertiary/aromatic N) is 3. The third kappa shape index (κ3) is 1.61. The van der Waals surface area contributed by atoms with Gasteiger partial charge in [0.1, 0.15) is 0 Å². The third-order valence-electron chi connectivity index (χ3n) is 2.68. The molecule has 0 atom stereocenters. The van der Waals surface area contributed by atoms with Gasteiger partial charge < -0.3 is 5.73 Å². The summed E-state index contributed by atoms with van der Waals surface area (Å²) < 4.78 is 0. The molecule has 0 aliphatic rings. The molecule has 0 amide bonds. The highest BCUT2D eigenvalue weighted by Crippen LogP contribution is 2.23. The Morgan fingerprint density at radius 2 is 2.06 bits per heavy atom. The number of nitrogens with two attached hydrogens (primary N) is 1. The van der Waals surface area contributed by atoms with Crippen LogP contribution in [-0.4, -0.2) is 20.2 Å². The summed E-state index contributed by atoms with van der Waals surface area (Å²) in [5, 5.41) is 7.65. The lowest BCUT2D eigenvalue weighted by Crippen LogP contribution is -1.88. The first-order valence-corrected chi connectivity index (χ1v) is 5.26. The van der Waals surface area contributed by atoms with Gasteiger partial charge in [-0.2, -0.15) is 5.10 Å². The molecule has 3 aromatic rings. The van der Waals surface area contributed by atoms with E-state index < -0.39 is 0 Å². The summed E-state index contributed by atoms with van der Waals surface area (Å²) in [5.41, 5.74) is 9.40. The number of aromatic nitrogens is 4. The van der Waals surface area contributed by atoms with E-state index in [0.717, 1.165) is 27.9 Å². The number of hydrogen-bond acceptors (Lipinski definition) is 4. The standard InChI is InChI=1S/C12H11N5/c1-7-2-3-8(5-14-7)10-4-9-11(6-15-10)16-17-12(9)13/h2-6H,1H3,(H3,13,16,17). The number of fused-ring (bicyclic) bond motifs is 1. The normalized spacial score (nSPS) is 10.9. The molecule has 0 unspecified atom stereocenters. The summed E-state index contributed by atoms with van der Waals surface area (Å²) in [6.07, 6.45) is 3.54. The van der Waals surface area contributed by atoms with Gasteiger partial charge in [-0.25, -0.2) is 0 Å². The van der Waals surface area contributed by atoms with Gasteiger partial charge in [-0.05, 0) is 25.1 Å². The molecule has 5 heteroatoms. The molecule has 0 aliphatic heterocycles. The van der Waals surface area contributed by atoms with E-state index in [1.807, 2.05) is 25.1 Å². The molecule has 0 radical (unpaired) electrons. The van der Waals surface area contributed by atoms with Crippen LogP contribution in [0.15, 0.2) is 30.6 Å². The summed E-state index contributed by atoms with van der Waals surface area (Å²) in [5.74, 6) is 0.490. The van der Waals surface area contributed by atoms with Crippen LogP contribution in [0, 0.1) is 6.92 Å². The van der Waals surface area contributed by atoms with E-state index in [0.29, 0.717) is 5.82 Å². The van der Waals surface area contributed by atoms with Crippen molar-refractivity contribution < 1.29 is 0 Å². The predicted molar refractivity (Wildman–Crippen MR) is 66.3 cm³/mol. The molecule has 17 heavy (non-hydrogen) atoms. The van der Waals surface area contributed by atoms with Gasteiger partial charge >= 0.3 is 0 Å². The molecule has 0 fully saturated rings. The van der Waals surface area contributed by atoms with Crippen molar-refractivity contribution in [2.75, 3.05) is 5.73 Å². The average molecular weight is 225 g/mol. The number of rotatable bonds is 1. The zero-order valence-corrected chi connectivity index (χ0v) is 9.31. The van der Waals surface area contributed by atoms with Gasteiger partial charge in [0.15, 0.2) is 5.82 Å². The number of anilines is 1. The molecule has 3 rings (SSSR count). The molecule has 0 aromatic carbocycles. The first kappa shape index (κ1) is 9.77. The molecule has 0 aliphatic carbocycles. The summed E-state index contributed by atoms with van der Waals surface area (Å²) >= 11 is 0. The van der Waals surface area contributed by atoms with Crippen LogP contribution in [0.4, 0.5) is 5.82 Å². The van der Waals surface area contributed by atoms with Crippen LogP contribution in [-0.2, 0) is 0 Å². The largest absolute Gasteiger partial charge is 0.382 e. The highest BCUT2D eigenvalue weighted by molar-refractivity contribution is 5.90. The monoisotopic (exact) mass is 225 g/mol. The van der Waals surface area contributed by atoms with Crippen molar-refractivity contribution in [2.24, 2.45) is 0 Å². The first-order chi connectivity index (χ1) is 8.24. The third-order valence-corrected chi connectivity index (χ3v) is 2.68. The maximum absolute atomic E-state index is 5.76. The van der Waals surface area contributed by atoms with Crippen molar-refractivity contribution in [2.45, 2.75) is 6.92 Å². The Morgan fingerprint density at radius 3 is 2.82 bits per heavy atom. The van der Waals surface area contributed by atoms with E-state index in [-0.39, 0.29) is 0 Å². The van der Waals surface area contributed by atoms with Crippen LogP contribution in [0.1, 0.15) is 5.69 Å². The Kier molecular flexibility index (Phi) is 2.04. The van der Waals surface area contributed by atoms with Crippen LogP contribution >= 0.6 is 0 Å². The number of nitrogen functional groups attached to an aromatic ring is 1. The zero-order valence-electron chi connectivity index (χ0n) is 9.31. The van der Waals surface area contributed by atoms with Gasteiger partial charge in [0.25, 0.3) is 0 Å². The topological polar surface area (TPSA) is 80.5 Å². The van der Waals surface area contributed by atoms with E-state index in [1.54, 1.807) is 12.4 Å². The highest BCUT2D eigenvalue weighted by atomic mass is 15.2. The van der Waals surface area contributed by atoms with Crippen molar-refractivity contribution in [3.05, 3.63) is 36.3 Å². The maximum atomic E-state index is 5.76. The first-order valence-electron chi connectivity index (χ1n) is 5.26. The molecule has 5 nitrogen and oxygen atoms in total. The van der Waals surface area contributed by atoms with E-state index in [9.17, 15) is 0 Å². The van der Waals surface area contributed by atoms with Gasteiger partial charge in [0.2, 0.25) is 0 Å². The van der Waals surface area contributed by atoms with Gasteiger partial charge in [-0.3, -0.25) is 15.1 Å². The number of nitrogens with one attached hydrogen (secondary N) is 1. The Morgan fingerprint density at radius 1 is 1.18 bits per heavy atom. The second-order valence-electron chi connectivity index (χ2n) is 3.91. The molecule has 0 spiro atoms. The molecule has 3 heterocycles. The molecule has 0 saturated heterocycles. The number of hydrogen-bond donors (Lipinski definition) is 2. The molecular formula is C12H11N5. The second-order valence-corrected chi connectivity index (χ2v) is 3.91. The van der Waals surface area contributed by atoms with Crippen molar-refractivity contribution in [3.8, 4) is 11.3 Å². The fourth-order valence-electron chi connectivity index (χ4n) is 1.71. The Labute approximate surface area is 97.7 Å². The Bertz CT molecular complexity index is 669. The van der Waals surface area contributed by atoms with Crippen LogP contribution in [0.25, 0.3) is 22.2 Å². The lowest BCUT2D eigenvalue weighted by Gasteiger charge is -2.00. The smallest absolute Gasteiger partial charge is 0.153 e. The lowest BCUT2D eigenvalue weighted by atomic mass is 10.1. The van der Waals surface area contributed by atoms with Gasteiger partial charge in [-0.15, -0.1) is 0 Å². The summed E-state index contributed by atoms with van der Waals surface area (Å²) in [7, 11) is 0. The number of H-pyrrole nitrogens is 1. The number of aryl methyl sites for hydroxylation is 1. The molecule has 0 saturated carbocycles. The van der Waals surface area contributed by atoms with Gasteiger partial charge in [-0.1, -0.05) is 0 Å². The SMILES string of the molecule is Cc1ccc(-c2cc3c(N)n[nH]c3cn2)cn1. The van der Waals surface area contributed by atoms with Crippen molar-refractivity contribution in [1.29, 1.82) is 0 Å². The maximum Gasteiger partial charge on any atom is 0.153 e. The van der Waals surface area contributed by atoms with Crippen LogP contribution in [0.2, 0.25) is 0 Å². The summed E-state index contributed by atoms with van der Waals surface area (Å²) in [4.78, 5) is 8.60. The Balaban J connectivity index is 2.17. The van der Waals surface area contributed by atoms with Gasteiger partial charge in [0, 0.05) is 22.8 Å². The molecule has 3 aromatic heterocycles. The van der Waals surface area contributed by atoms with Crippen LogP contribution in [0.5, 0.6) is 0 Å². The Hall–Kier alpha value is -2.43. The van der Waals surface area contributed by atoms with Crippen molar-refractivity contribution in [1.82, 2.24) is 20.2 Å². The molecule has 84 valence electrons. The predicted octanol–water partition coefficient (Wildman–Crippen LogP) is 1.91. The van der Waals surface area contributed by atoms with Crippen LogP contribution < -0.4 is 5.73 Å². The molecule has 3 N–H and O–H groups in total. The van der Waals surface area contributed by atoms with Crippen LogP contribution in [0.3, 0.4) is 0 Å². The van der Waals surface area contributed by atoms with Gasteiger partial charge in [0.05, 0.1) is 17.4 Å². The summed E-state index contributed by atoms with van der Waals surface area (Å²) in [6.45, 7) is 1.95. The highest BCUT2D eigenvalue weighted by Gasteiger charge is 2.06. The van der Waals surface area contributed by atoms with E-state index in [4.69, 9.17) is 5.73 Å². The van der Waals surface area contributed by atoms with Crippen molar-refractivity contribution in [3.63, 3.8) is 0 Å². The zero-order chi connectivity index (χ0) is 11.8. The summed E-state index contributed by atoms with van der Waals surface area (Å²) in [6, 6.07) is 5.87. The minimum Gasteiger partial charge on any atom is -0.382 e. The van der Waals surface area contributed by atoms with E-state index in [2.05, 4.69) is 20.2 Å². The average Bonchev–Trinajstić information content (AvgIpc) is 2.72. The fourth-order valence-corrected chi connectivity index (χ4v) is 1.71. The fraction of sp³-hybridized carbons (Fsp3) is 0.0833. The quantitative estimate of drug-likeness (QED) is 0.663. The lowest BCUT2D eigenvalue weighted by molar-refractivity contribution is 1.12. The minimum atomic E-state index is 0.490. The minimum absolute atomic E-state index is 0.490. The molecular weight excluding hydrogens is 214 g/mol. The van der Waals surface area contributed by atoms with Crippen molar-refractivity contribution >= 4 is 16.7 Å². The molecule has 0 bridgehead atoms. The van der Waals surface area contributed by atoms with E-state index in [1.165, 1.54) is 0 Å². The number of aromatic amines is 1. The second kappa shape index (κ2) is 3.55. The number of pyridine rings is 2.